The van der Waals surface area contributed by atoms with E-state index < -0.39 is 0 Å². The lowest BCUT2D eigenvalue weighted by atomic mass is 10.0. The predicted molar refractivity (Wildman–Crippen MR) is 70.1 cm³/mol. The van der Waals surface area contributed by atoms with Crippen LogP contribution in [-0.4, -0.2) is 9.97 Å². The number of nitrogens with zero attached hydrogens (tertiary/aromatic N) is 1. The topological polar surface area (TPSA) is 28.7 Å². The molecular formula is C15H14N2. The van der Waals surface area contributed by atoms with Gasteiger partial charge in [0.05, 0.1) is 12.0 Å². The number of H-pyrrole nitrogens is 1. The lowest BCUT2D eigenvalue weighted by Gasteiger charge is -2.03. The molecule has 1 heterocycles. The Labute approximate surface area is 100 Å². The van der Waals surface area contributed by atoms with Gasteiger partial charge in [-0.25, -0.2) is 4.98 Å². The fraction of sp³-hybridized carbons (Fsp3) is 0.133. The number of imidazole rings is 1. The summed E-state index contributed by atoms with van der Waals surface area (Å²) < 4.78 is 0. The van der Waals surface area contributed by atoms with Crippen molar-refractivity contribution in [1.29, 1.82) is 0 Å². The SMILES string of the molecule is Cc1[nH]cnc1Cc1ccc2ccccc2c1. The van der Waals surface area contributed by atoms with Gasteiger partial charge in [-0.15, -0.1) is 0 Å². The van der Waals surface area contributed by atoms with E-state index in [0.29, 0.717) is 0 Å². The first-order valence-electron chi connectivity index (χ1n) is 5.79. The highest BCUT2D eigenvalue weighted by atomic mass is 14.9. The van der Waals surface area contributed by atoms with Crippen molar-refractivity contribution in [1.82, 2.24) is 9.97 Å². The molecule has 0 saturated heterocycles. The van der Waals surface area contributed by atoms with E-state index >= 15 is 0 Å². The van der Waals surface area contributed by atoms with Gasteiger partial charge in [-0.2, -0.15) is 0 Å². The van der Waals surface area contributed by atoms with E-state index in [0.717, 1.165) is 17.8 Å². The summed E-state index contributed by atoms with van der Waals surface area (Å²) >= 11 is 0. The minimum atomic E-state index is 0.889. The number of fused-ring (bicyclic) bond motifs is 1. The Bertz CT molecular complexity index is 653. The van der Waals surface area contributed by atoms with Crippen molar-refractivity contribution in [3.8, 4) is 0 Å². The van der Waals surface area contributed by atoms with Gasteiger partial charge >= 0.3 is 0 Å². The van der Waals surface area contributed by atoms with E-state index in [1.807, 2.05) is 0 Å². The number of aromatic nitrogens is 2. The fourth-order valence-electron chi connectivity index (χ4n) is 2.11. The normalized spacial score (nSPS) is 10.9. The second kappa shape index (κ2) is 4.06. The first-order chi connectivity index (χ1) is 8.33. The molecule has 0 aliphatic heterocycles. The van der Waals surface area contributed by atoms with Crippen LogP contribution < -0.4 is 0 Å². The van der Waals surface area contributed by atoms with E-state index in [-0.39, 0.29) is 0 Å². The van der Waals surface area contributed by atoms with Crippen molar-refractivity contribution in [3.63, 3.8) is 0 Å². The number of hydrogen-bond acceptors (Lipinski definition) is 1. The molecule has 0 radical (unpaired) electrons. The van der Waals surface area contributed by atoms with Crippen molar-refractivity contribution in [2.24, 2.45) is 0 Å². The van der Waals surface area contributed by atoms with Crippen LogP contribution in [0, 0.1) is 6.92 Å². The Morgan fingerprint density at radius 1 is 1.06 bits per heavy atom. The third-order valence-corrected chi connectivity index (χ3v) is 3.12. The second-order valence-electron chi connectivity index (χ2n) is 4.33. The smallest absolute Gasteiger partial charge is 0.0925 e. The van der Waals surface area contributed by atoms with E-state index in [9.17, 15) is 0 Å². The maximum atomic E-state index is 4.34. The zero-order valence-electron chi connectivity index (χ0n) is 9.77. The maximum Gasteiger partial charge on any atom is 0.0925 e. The van der Waals surface area contributed by atoms with Crippen LogP contribution in [0.25, 0.3) is 10.8 Å². The first-order valence-corrected chi connectivity index (χ1v) is 5.79. The lowest BCUT2D eigenvalue weighted by molar-refractivity contribution is 1.08. The van der Waals surface area contributed by atoms with Crippen molar-refractivity contribution in [2.45, 2.75) is 13.3 Å². The molecule has 0 unspecified atom stereocenters. The zero-order valence-corrected chi connectivity index (χ0v) is 9.77. The fourth-order valence-corrected chi connectivity index (χ4v) is 2.11. The van der Waals surface area contributed by atoms with Crippen LogP contribution >= 0.6 is 0 Å². The molecule has 0 aliphatic rings. The minimum absolute atomic E-state index is 0.889. The van der Waals surface area contributed by atoms with Gasteiger partial charge in [0.2, 0.25) is 0 Å². The highest BCUT2D eigenvalue weighted by molar-refractivity contribution is 5.83. The van der Waals surface area contributed by atoms with Gasteiger partial charge in [0.15, 0.2) is 0 Å². The molecule has 0 fully saturated rings. The van der Waals surface area contributed by atoms with Crippen LogP contribution in [0.3, 0.4) is 0 Å². The Hall–Kier alpha value is -2.09. The molecule has 2 aromatic carbocycles. The molecule has 0 saturated carbocycles. The quantitative estimate of drug-likeness (QED) is 0.706. The summed E-state index contributed by atoms with van der Waals surface area (Å²) in [5, 5.41) is 2.58. The van der Waals surface area contributed by atoms with Gasteiger partial charge in [-0.1, -0.05) is 42.5 Å². The van der Waals surface area contributed by atoms with Gasteiger partial charge in [0.25, 0.3) is 0 Å². The van der Waals surface area contributed by atoms with Crippen molar-refractivity contribution < 1.29 is 0 Å². The third-order valence-electron chi connectivity index (χ3n) is 3.12. The number of aryl methyl sites for hydroxylation is 1. The summed E-state index contributed by atoms with van der Waals surface area (Å²) in [4.78, 5) is 7.45. The summed E-state index contributed by atoms with van der Waals surface area (Å²) in [5.41, 5.74) is 3.58. The second-order valence-corrected chi connectivity index (χ2v) is 4.33. The summed E-state index contributed by atoms with van der Waals surface area (Å²) in [6.07, 6.45) is 2.64. The van der Waals surface area contributed by atoms with E-state index in [4.69, 9.17) is 0 Å². The molecule has 0 atom stereocenters. The largest absolute Gasteiger partial charge is 0.348 e. The lowest BCUT2D eigenvalue weighted by Crippen LogP contribution is -1.91. The first kappa shape index (κ1) is 10.1. The average Bonchev–Trinajstić information content (AvgIpc) is 2.75. The van der Waals surface area contributed by atoms with Crippen LogP contribution in [0.5, 0.6) is 0 Å². The van der Waals surface area contributed by atoms with Crippen LogP contribution in [-0.2, 0) is 6.42 Å². The maximum absolute atomic E-state index is 4.34. The minimum Gasteiger partial charge on any atom is -0.348 e. The Morgan fingerprint density at radius 2 is 1.88 bits per heavy atom. The van der Waals surface area contributed by atoms with Crippen LogP contribution in [0.4, 0.5) is 0 Å². The molecule has 3 aromatic rings. The predicted octanol–water partition coefficient (Wildman–Crippen LogP) is 3.46. The summed E-state index contributed by atoms with van der Waals surface area (Å²) in [6, 6.07) is 15.0. The third kappa shape index (κ3) is 1.94. The van der Waals surface area contributed by atoms with Gasteiger partial charge in [-0.3, -0.25) is 0 Å². The molecule has 0 spiro atoms. The zero-order chi connectivity index (χ0) is 11.7. The van der Waals surface area contributed by atoms with Crippen molar-refractivity contribution in [3.05, 3.63) is 65.7 Å². The monoisotopic (exact) mass is 222 g/mol. The number of rotatable bonds is 2. The molecule has 0 bridgehead atoms. The van der Waals surface area contributed by atoms with Gasteiger partial charge in [0.1, 0.15) is 0 Å². The highest BCUT2D eigenvalue weighted by Gasteiger charge is 2.03. The molecule has 2 heteroatoms. The van der Waals surface area contributed by atoms with Crippen molar-refractivity contribution >= 4 is 10.8 Å². The van der Waals surface area contributed by atoms with Crippen LogP contribution in [0.1, 0.15) is 17.0 Å². The average molecular weight is 222 g/mol. The number of hydrogen-bond donors (Lipinski definition) is 1. The van der Waals surface area contributed by atoms with Crippen LogP contribution in [0.15, 0.2) is 48.8 Å². The summed E-state index contributed by atoms with van der Waals surface area (Å²) in [5.74, 6) is 0. The summed E-state index contributed by atoms with van der Waals surface area (Å²) in [7, 11) is 0. The Morgan fingerprint density at radius 3 is 2.65 bits per heavy atom. The van der Waals surface area contributed by atoms with Gasteiger partial charge in [-0.05, 0) is 23.3 Å². The molecule has 0 amide bonds. The Balaban J connectivity index is 1.99. The number of aromatic amines is 1. The molecule has 1 aromatic heterocycles. The molecule has 17 heavy (non-hydrogen) atoms. The summed E-state index contributed by atoms with van der Waals surface area (Å²) in [6.45, 7) is 2.06. The molecule has 3 rings (SSSR count). The Kier molecular flexibility index (Phi) is 2.41. The highest BCUT2D eigenvalue weighted by Crippen LogP contribution is 2.18. The number of nitrogens with one attached hydrogen (secondary N) is 1. The van der Waals surface area contributed by atoms with E-state index in [1.165, 1.54) is 16.3 Å². The van der Waals surface area contributed by atoms with Gasteiger partial charge in [0, 0.05) is 12.1 Å². The molecule has 84 valence electrons. The van der Waals surface area contributed by atoms with Crippen molar-refractivity contribution in [2.75, 3.05) is 0 Å². The van der Waals surface area contributed by atoms with E-state index in [1.54, 1.807) is 6.33 Å². The van der Waals surface area contributed by atoms with Crippen LogP contribution in [0.2, 0.25) is 0 Å². The standard InChI is InChI=1S/C15H14N2/c1-11-15(17-10-16-11)9-12-6-7-13-4-2-3-5-14(13)8-12/h2-8,10H,9H2,1H3,(H,16,17). The molecule has 1 N–H and O–H groups in total. The van der Waals surface area contributed by atoms with Gasteiger partial charge < -0.3 is 4.98 Å². The molecule has 2 nitrogen and oxygen atoms in total. The molecular weight excluding hydrogens is 208 g/mol. The van der Waals surface area contributed by atoms with E-state index in [2.05, 4.69) is 59.4 Å². The number of benzene rings is 2. The molecule has 0 aliphatic carbocycles.